The van der Waals surface area contributed by atoms with Crippen LogP contribution in [0.15, 0.2) is 29.3 Å². The molecule has 0 aromatic heterocycles. The van der Waals surface area contributed by atoms with Gasteiger partial charge in [-0.05, 0) is 31.4 Å². The Morgan fingerprint density at radius 3 is 2.62 bits per heavy atom. The second kappa shape index (κ2) is 10.8. The molecule has 0 unspecified atom stereocenters. The highest BCUT2D eigenvalue weighted by molar-refractivity contribution is 14.0. The number of ether oxygens (including phenoxy) is 1. The van der Waals surface area contributed by atoms with Gasteiger partial charge in [-0.25, -0.2) is 0 Å². The molecule has 1 N–H and O–H groups in total. The van der Waals surface area contributed by atoms with Crippen molar-refractivity contribution in [3.8, 4) is 0 Å². The van der Waals surface area contributed by atoms with Crippen molar-refractivity contribution in [3.63, 3.8) is 0 Å². The molecule has 0 atom stereocenters. The third-order valence-corrected chi connectivity index (χ3v) is 4.39. The van der Waals surface area contributed by atoms with Gasteiger partial charge in [-0.3, -0.25) is 9.79 Å². The number of guanidine groups is 1. The minimum absolute atomic E-state index is 0. The van der Waals surface area contributed by atoms with Gasteiger partial charge in [-0.2, -0.15) is 0 Å². The Morgan fingerprint density at radius 2 is 2.04 bits per heavy atom. The highest BCUT2D eigenvalue weighted by Gasteiger charge is 2.27. The van der Waals surface area contributed by atoms with Gasteiger partial charge in [0.15, 0.2) is 5.96 Å². The smallest absolute Gasteiger partial charge is 0.309 e. The Bertz CT molecular complexity index is 561. The first-order valence-corrected chi connectivity index (χ1v) is 8.39. The van der Waals surface area contributed by atoms with Crippen molar-refractivity contribution in [2.75, 3.05) is 26.7 Å². The summed E-state index contributed by atoms with van der Waals surface area (Å²) >= 11 is 6.18. The topological polar surface area (TPSA) is 53.9 Å². The summed E-state index contributed by atoms with van der Waals surface area (Å²) in [4.78, 5) is 18.3. The lowest BCUT2D eigenvalue weighted by atomic mass is 9.97. The number of carbonyl (C=O) groups is 1. The monoisotopic (exact) mass is 465 g/mol. The van der Waals surface area contributed by atoms with Crippen LogP contribution >= 0.6 is 35.6 Å². The number of aliphatic imine (C=N–C) groups is 1. The number of carbonyl (C=O) groups excluding carboxylic acids is 1. The average molecular weight is 466 g/mol. The first-order chi connectivity index (χ1) is 11.2. The maximum atomic E-state index is 11.8. The predicted octanol–water partition coefficient (Wildman–Crippen LogP) is 3.31. The van der Waals surface area contributed by atoms with E-state index in [4.69, 9.17) is 16.3 Å². The lowest BCUT2D eigenvalue weighted by Gasteiger charge is -2.33. The van der Waals surface area contributed by atoms with Gasteiger partial charge in [0, 0.05) is 31.7 Å². The Balaban J connectivity index is 0.00000288. The van der Waals surface area contributed by atoms with Gasteiger partial charge >= 0.3 is 5.97 Å². The van der Waals surface area contributed by atoms with Crippen molar-refractivity contribution in [2.24, 2.45) is 10.9 Å². The molecule has 134 valence electrons. The lowest BCUT2D eigenvalue weighted by molar-refractivity contribution is -0.149. The van der Waals surface area contributed by atoms with E-state index in [9.17, 15) is 4.79 Å². The Hall–Kier alpha value is -1.02. The van der Waals surface area contributed by atoms with Crippen LogP contribution in [0.1, 0.15) is 25.3 Å². The number of nitrogens with one attached hydrogen (secondary N) is 1. The molecule has 1 saturated heterocycles. The number of benzene rings is 1. The van der Waals surface area contributed by atoms with Gasteiger partial charge < -0.3 is 15.0 Å². The van der Waals surface area contributed by atoms with Gasteiger partial charge in [0.05, 0.1) is 12.5 Å². The molecule has 1 fully saturated rings. The van der Waals surface area contributed by atoms with Crippen LogP contribution in [0.3, 0.4) is 0 Å². The van der Waals surface area contributed by atoms with Crippen LogP contribution in [0.4, 0.5) is 0 Å². The van der Waals surface area contributed by atoms with Crippen molar-refractivity contribution in [2.45, 2.75) is 26.3 Å². The number of rotatable bonds is 4. The normalized spacial score (nSPS) is 15.6. The van der Waals surface area contributed by atoms with Gasteiger partial charge in [0.25, 0.3) is 0 Å². The van der Waals surface area contributed by atoms with Crippen LogP contribution in [-0.2, 0) is 16.1 Å². The average Bonchev–Trinajstić information content (AvgIpc) is 2.57. The first-order valence-electron chi connectivity index (χ1n) is 8.01. The summed E-state index contributed by atoms with van der Waals surface area (Å²) in [7, 11) is 1.77. The van der Waals surface area contributed by atoms with Crippen LogP contribution in [0.5, 0.6) is 0 Å². The van der Waals surface area contributed by atoms with Crippen LogP contribution in [-0.4, -0.2) is 43.6 Å². The van der Waals surface area contributed by atoms with Crippen LogP contribution < -0.4 is 5.32 Å². The number of piperidine rings is 1. The van der Waals surface area contributed by atoms with E-state index < -0.39 is 0 Å². The number of hydrogen-bond donors (Lipinski definition) is 1. The van der Waals surface area contributed by atoms with Crippen LogP contribution in [0, 0.1) is 5.92 Å². The third-order valence-electron chi connectivity index (χ3n) is 4.02. The zero-order valence-corrected chi connectivity index (χ0v) is 17.2. The highest BCUT2D eigenvalue weighted by atomic mass is 127. The number of nitrogens with zero attached hydrogens (tertiary/aromatic N) is 2. The SMILES string of the molecule is CCOC(=O)C1CCN(C(=NC)NCc2ccccc2Cl)CC1.I. The van der Waals surface area contributed by atoms with E-state index >= 15 is 0 Å². The van der Waals surface area contributed by atoms with Crippen molar-refractivity contribution in [1.82, 2.24) is 10.2 Å². The number of likely N-dealkylation sites (tertiary alicyclic amines) is 1. The van der Waals surface area contributed by atoms with E-state index in [1.807, 2.05) is 31.2 Å². The molecule has 7 heteroatoms. The molecule has 2 rings (SSSR count). The third kappa shape index (κ3) is 5.81. The fourth-order valence-electron chi connectivity index (χ4n) is 2.74. The number of esters is 1. The van der Waals surface area contributed by atoms with Crippen molar-refractivity contribution in [1.29, 1.82) is 0 Å². The molecule has 0 aliphatic carbocycles. The van der Waals surface area contributed by atoms with E-state index in [0.29, 0.717) is 13.2 Å². The van der Waals surface area contributed by atoms with Crippen molar-refractivity contribution in [3.05, 3.63) is 34.9 Å². The molecule has 0 spiro atoms. The summed E-state index contributed by atoms with van der Waals surface area (Å²) in [5.41, 5.74) is 1.04. The highest BCUT2D eigenvalue weighted by Crippen LogP contribution is 2.19. The van der Waals surface area contributed by atoms with Crippen molar-refractivity contribution < 1.29 is 9.53 Å². The van der Waals surface area contributed by atoms with E-state index in [1.165, 1.54) is 0 Å². The van der Waals surface area contributed by atoms with E-state index in [2.05, 4.69) is 15.2 Å². The van der Waals surface area contributed by atoms with Gasteiger partial charge in [0.1, 0.15) is 0 Å². The fourth-order valence-corrected chi connectivity index (χ4v) is 2.94. The maximum Gasteiger partial charge on any atom is 0.309 e. The summed E-state index contributed by atoms with van der Waals surface area (Å²) in [5.74, 6) is 0.770. The second-order valence-electron chi connectivity index (χ2n) is 5.51. The molecule has 24 heavy (non-hydrogen) atoms. The van der Waals surface area contributed by atoms with Crippen LogP contribution in [0.25, 0.3) is 0 Å². The van der Waals surface area contributed by atoms with Crippen LogP contribution in [0.2, 0.25) is 5.02 Å². The minimum Gasteiger partial charge on any atom is -0.466 e. The quantitative estimate of drug-likeness (QED) is 0.321. The van der Waals surface area contributed by atoms with E-state index in [0.717, 1.165) is 42.5 Å². The molecule has 1 heterocycles. The molecule has 1 aromatic rings. The number of halogens is 2. The molecule has 1 aliphatic heterocycles. The summed E-state index contributed by atoms with van der Waals surface area (Å²) in [6.07, 6.45) is 1.59. The first kappa shape index (κ1) is 21.0. The minimum atomic E-state index is -0.0776. The van der Waals surface area contributed by atoms with Crippen molar-refractivity contribution >= 4 is 47.5 Å². The molecular formula is C17H25ClIN3O2. The van der Waals surface area contributed by atoms with Gasteiger partial charge in [-0.1, -0.05) is 29.8 Å². The maximum absolute atomic E-state index is 11.8. The second-order valence-corrected chi connectivity index (χ2v) is 5.91. The predicted molar refractivity (Wildman–Crippen MR) is 108 cm³/mol. The summed E-state index contributed by atoms with van der Waals surface area (Å²) in [6.45, 7) is 4.51. The largest absolute Gasteiger partial charge is 0.466 e. The standard InChI is InChI=1S/C17H24ClN3O2.HI/c1-3-23-16(22)13-8-10-21(11-9-13)17(19-2)20-12-14-6-4-5-7-15(14)18;/h4-7,13H,3,8-12H2,1-2H3,(H,19,20);1H. The van der Waals surface area contributed by atoms with Gasteiger partial charge in [-0.15, -0.1) is 24.0 Å². The molecule has 0 bridgehead atoms. The Morgan fingerprint density at radius 1 is 1.38 bits per heavy atom. The Kier molecular flexibility index (Phi) is 9.43. The zero-order valence-electron chi connectivity index (χ0n) is 14.1. The molecule has 0 radical (unpaired) electrons. The van der Waals surface area contributed by atoms with E-state index in [1.54, 1.807) is 7.05 Å². The van der Waals surface area contributed by atoms with E-state index in [-0.39, 0.29) is 35.9 Å². The lowest BCUT2D eigenvalue weighted by Crippen LogP contribution is -2.46. The van der Waals surface area contributed by atoms with Gasteiger partial charge in [0.2, 0.25) is 0 Å². The molecular weight excluding hydrogens is 441 g/mol. The zero-order chi connectivity index (χ0) is 16.7. The summed E-state index contributed by atoms with van der Waals surface area (Å²) < 4.78 is 5.10. The number of hydrogen-bond acceptors (Lipinski definition) is 3. The molecule has 1 aromatic carbocycles. The summed E-state index contributed by atoms with van der Waals surface area (Å²) in [5, 5.41) is 4.09. The molecule has 0 saturated carbocycles. The fraction of sp³-hybridized carbons (Fsp3) is 0.529. The summed E-state index contributed by atoms with van der Waals surface area (Å²) in [6, 6.07) is 7.76. The molecule has 1 aliphatic rings. The molecule has 0 amide bonds. The molecule has 5 nitrogen and oxygen atoms in total. The Labute approximate surface area is 165 Å².